The maximum absolute atomic E-state index is 12.6. The molecule has 0 aromatic heterocycles. The lowest BCUT2D eigenvalue weighted by Crippen LogP contribution is -2.54. The molecule has 1 saturated carbocycles. The Hall–Kier alpha value is -1.63. The van der Waals surface area contributed by atoms with Crippen molar-refractivity contribution in [2.45, 2.75) is 38.8 Å². The highest BCUT2D eigenvalue weighted by Gasteiger charge is 2.28. The van der Waals surface area contributed by atoms with E-state index in [2.05, 4.69) is 20.4 Å². The van der Waals surface area contributed by atoms with E-state index in [4.69, 9.17) is 11.6 Å². The Labute approximate surface area is 159 Å². The summed E-state index contributed by atoms with van der Waals surface area (Å²) in [5.41, 5.74) is 1.74. The Balaban J connectivity index is 1.46. The molecule has 0 unspecified atom stereocenters. The number of anilines is 1. The highest BCUT2D eigenvalue weighted by Crippen LogP contribution is 2.21. The van der Waals surface area contributed by atoms with Crippen molar-refractivity contribution < 1.29 is 9.59 Å². The lowest BCUT2D eigenvalue weighted by molar-refractivity contribution is -0.124. The van der Waals surface area contributed by atoms with Crippen molar-refractivity contribution in [2.24, 2.45) is 0 Å². The van der Waals surface area contributed by atoms with Gasteiger partial charge in [0.2, 0.25) is 11.8 Å². The van der Waals surface area contributed by atoms with E-state index < -0.39 is 0 Å². The molecule has 1 atom stereocenters. The number of carbonyl (C=O) groups excluding carboxylic acids is 2. The number of halogens is 1. The molecule has 6 nitrogen and oxygen atoms in total. The molecule has 26 heavy (non-hydrogen) atoms. The first kappa shape index (κ1) is 19.1. The molecule has 1 aromatic carbocycles. The number of rotatable bonds is 6. The number of piperazine rings is 1. The summed E-state index contributed by atoms with van der Waals surface area (Å²) in [6, 6.07) is 5.67. The lowest BCUT2D eigenvalue weighted by Gasteiger charge is -2.37. The van der Waals surface area contributed by atoms with Crippen LogP contribution in [0.1, 0.15) is 25.3 Å². The summed E-state index contributed by atoms with van der Waals surface area (Å²) in [4.78, 5) is 28.8. The van der Waals surface area contributed by atoms with Crippen molar-refractivity contribution in [3.63, 3.8) is 0 Å². The summed E-state index contributed by atoms with van der Waals surface area (Å²) in [7, 11) is 0. The Kier molecular flexibility index (Phi) is 6.16. The molecule has 2 N–H and O–H groups in total. The number of aryl methyl sites for hydroxylation is 1. The van der Waals surface area contributed by atoms with Crippen molar-refractivity contribution in [2.75, 3.05) is 38.0 Å². The fraction of sp³-hybridized carbons (Fsp3) is 0.579. The maximum atomic E-state index is 12.6. The van der Waals surface area contributed by atoms with Gasteiger partial charge in [0.15, 0.2) is 0 Å². The van der Waals surface area contributed by atoms with E-state index in [1.54, 1.807) is 6.07 Å². The molecule has 7 heteroatoms. The van der Waals surface area contributed by atoms with Gasteiger partial charge in [0.25, 0.3) is 0 Å². The molecule has 3 rings (SSSR count). The number of carbonyl (C=O) groups is 2. The van der Waals surface area contributed by atoms with Crippen LogP contribution in [0.5, 0.6) is 0 Å². The zero-order chi connectivity index (χ0) is 18.7. The zero-order valence-electron chi connectivity index (χ0n) is 15.4. The van der Waals surface area contributed by atoms with Crippen LogP contribution in [0.2, 0.25) is 5.02 Å². The van der Waals surface area contributed by atoms with Gasteiger partial charge in [0, 0.05) is 42.9 Å². The van der Waals surface area contributed by atoms with Crippen LogP contribution in [0.3, 0.4) is 0 Å². The minimum atomic E-state index is -0.226. The van der Waals surface area contributed by atoms with Gasteiger partial charge in [-0.05, 0) is 44.4 Å². The van der Waals surface area contributed by atoms with Crippen LogP contribution in [0.4, 0.5) is 5.69 Å². The van der Waals surface area contributed by atoms with Crippen molar-refractivity contribution in [3.05, 3.63) is 28.8 Å². The quantitative estimate of drug-likeness (QED) is 0.793. The maximum Gasteiger partial charge on any atom is 0.241 e. The summed E-state index contributed by atoms with van der Waals surface area (Å²) in [5, 5.41) is 6.61. The number of hydrogen-bond donors (Lipinski definition) is 2. The highest BCUT2D eigenvalue weighted by molar-refractivity contribution is 6.31. The van der Waals surface area contributed by atoms with Crippen LogP contribution in [-0.4, -0.2) is 66.4 Å². The van der Waals surface area contributed by atoms with Crippen LogP contribution in [0, 0.1) is 6.92 Å². The molecule has 2 amide bonds. The van der Waals surface area contributed by atoms with Gasteiger partial charge < -0.3 is 10.6 Å². The highest BCUT2D eigenvalue weighted by atomic mass is 35.5. The average molecular weight is 379 g/mol. The van der Waals surface area contributed by atoms with Crippen LogP contribution in [-0.2, 0) is 9.59 Å². The molecule has 1 saturated heterocycles. The van der Waals surface area contributed by atoms with Crippen LogP contribution < -0.4 is 10.6 Å². The molecular formula is C19H27ClN4O2. The van der Waals surface area contributed by atoms with E-state index >= 15 is 0 Å². The van der Waals surface area contributed by atoms with E-state index in [0.29, 0.717) is 17.6 Å². The van der Waals surface area contributed by atoms with Crippen LogP contribution >= 0.6 is 11.6 Å². The first-order valence-corrected chi connectivity index (χ1v) is 9.63. The smallest absolute Gasteiger partial charge is 0.241 e. The van der Waals surface area contributed by atoms with Gasteiger partial charge in [0.1, 0.15) is 0 Å². The number of benzene rings is 1. The minimum Gasteiger partial charge on any atom is -0.352 e. The first-order valence-electron chi connectivity index (χ1n) is 9.25. The van der Waals surface area contributed by atoms with E-state index in [1.807, 2.05) is 26.0 Å². The standard InChI is InChI=1S/C19H27ClN4O2/c1-13-3-4-15(20)11-17(13)22-19(26)14(2)24-9-7-23(8-10-24)12-18(25)21-16-5-6-16/h3-4,11,14,16H,5-10,12H2,1-2H3,(H,21,25)(H,22,26)/t14-/m1/s1. The van der Waals surface area contributed by atoms with Crippen molar-refractivity contribution in [1.82, 2.24) is 15.1 Å². The third-order valence-electron chi connectivity index (χ3n) is 5.10. The Bertz CT molecular complexity index is 670. The monoisotopic (exact) mass is 378 g/mol. The Morgan fingerprint density at radius 2 is 1.92 bits per heavy atom. The lowest BCUT2D eigenvalue weighted by atomic mass is 10.1. The topological polar surface area (TPSA) is 64.7 Å². The predicted octanol–water partition coefficient (Wildman–Crippen LogP) is 1.87. The predicted molar refractivity (Wildman–Crippen MR) is 103 cm³/mol. The van der Waals surface area contributed by atoms with Gasteiger partial charge in [-0.3, -0.25) is 19.4 Å². The van der Waals surface area contributed by atoms with E-state index in [0.717, 1.165) is 50.3 Å². The van der Waals surface area contributed by atoms with Crippen LogP contribution in [0.25, 0.3) is 0 Å². The molecule has 142 valence electrons. The molecule has 1 aliphatic carbocycles. The fourth-order valence-corrected chi connectivity index (χ4v) is 3.32. The first-order chi connectivity index (χ1) is 12.4. The number of nitrogens with one attached hydrogen (secondary N) is 2. The number of hydrogen-bond acceptors (Lipinski definition) is 4. The Morgan fingerprint density at radius 1 is 1.23 bits per heavy atom. The summed E-state index contributed by atoms with van der Waals surface area (Å²) >= 11 is 6.02. The van der Waals surface area contributed by atoms with Gasteiger partial charge in [-0.15, -0.1) is 0 Å². The summed E-state index contributed by atoms with van der Waals surface area (Å²) < 4.78 is 0. The van der Waals surface area contributed by atoms with Crippen LogP contribution in [0.15, 0.2) is 18.2 Å². The fourth-order valence-electron chi connectivity index (χ4n) is 3.14. The second kappa shape index (κ2) is 8.37. The SMILES string of the molecule is Cc1ccc(Cl)cc1NC(=O)[C@@H](C)N1CCN(CC(=O)NC2CC2)CC1. The van der Waals surface area contributed by atoms with E-state index in [-0.39, 0.29) is 17.9 Å². The van der Waals surface area contributed by atoms with E-state index in [9.17, 15) is 9.59 Å². The van der Waals surface area contributed by atoms with Gasteiger partial charge in [-0.1, -0.05) is 17.7 Å². The Morgan fingerprint density at radius 3 is 2.58 bits per heavy atom. The van der Waals surface area contributed by atoms with Gasteiger partial charge in [0.05, 0.1) is 12.6 Å². The number of amides is 2. The van der Waals surface area contributed by atoms with E-state index in [1.165, 1.54) is 0 Å². The molecular weight excluding hydrogens is 352 g/mol. The van der Waals surface area contributed by atoms with Crippen molar-refractivity contribution in [1.29, 1.82) is 0 Å². The molecule has 2 fully saturated rings. The summed E-state index contributed by atoms with van der Waals surface area (Å²) in [5.74, 6) is 0.0819. The molecule has 0 radical (unpaired) electrons. The minimum absolute atomic E-state index is 0.0321. The molecule has 2 aliphatic rings. The third kappa shape index (κ3) is 5.19. The normalized spacial score (nSPS) is 19.8. The second-order valence-corrected chi connectivity index (χ2v) is 7.71. The van der Waals surface area contributed by atoms with Crippen molar-refractivity contribution >= 4 is 29.1 Å². The van der Waals surface area contributed by atoms with Gasteiger partial charge >= 0.3 is 0 Å². The summed E-state index contributed by atoms with van der Waals surface area (Å²) in [6.45, 7) is 7.47. The molecule has 1 aromatic rings. The average Bonchev–Trinajstić information content (AvgIpc) is 3.42. The molecule has 0 bridgehead atoms. The van der Waals surface area contributed by atoms with Gasteiger partial charge in [-0.2, -0.15) is 0 Å². The molecule has 1 heterocycles. The number of nitrogens with zero attached hydrogens (tertiary/aromatic N) is 2. The third-order valence-corrected chi connectivity index (χ3v) is 5.34. The van der Waals surface area contributed by atoms with Crippen molar-refractivity contribution in [3.8, 4) is 0 Å². The summed E-state index contributed by atoms with van der Waals surface area (Å²) in [6.07, 6.45) is 2.22. The largest absolute Gasteiger partial charge is 0.352 e. The second-order valence-electron chi connectivity index (χ2n) is 7.28. The molecule has 0 spiro atoms. The van der Waals surface area contributed by atoms with Gasteiger partial charge in [-0.25, -0.2) is 0 Å². The zero-order valence-corrected chi connectivity index (χ0v) is 16.2. The molecule has 1 aliphatic heterocycles.